The lowest BCUT2D eigenvalue weighted by Gasteiger charge is -2.34. The molecule has 1 aliphatic rings. The summed E-state index contributed by atoms with van der Waals surface area (Å²) in [5.41, 5.74) is 1.79. The fourth-order valence-electron chi connectivity index (χ4n) is 5.40. The van der Waals surface area contributed by atoms with Crippen molar-refractivity contribution in [3.8, 4) is 17.2 Å². The lowest BCUT2D eigenvalue weighted by Crippen LogP contribution is -2.54. The second kappa shape index (κ2) is 15.7. The highest BCUT2D eigenvalue weighted by Crippen LogP contribution is 2.36. The van der Waals surface area contributed by atoms with Crippen LogP contribution in [0.25, 0.3) is 0 Å². The molecule has 0 fully saturated rings. The van der Waals surface area contributed by atoms with Crippen LogP contribution in [0.5, 0.6) is 17.2 Å². The van der Waals surface area contributed by atoms with Gasteiger partial charge < -0.3 is 24.4 Å². The van der Waals surface area contributed by atoms with Gasteiger partial charge >= 0.3 is 0 Å². The molecule has 48 heavy (non-hydrogen) atoms. The molecule has 4 aromatic rings. The number of ether oxygens (including phenoxy) is 3. The lowest BCUT2D eigenvalue weighted by molar-refractivity contribution is -0.140. The third kappa shape index (κ3) is 8.27. The molecule has 0 saturated heterocycles. The molecule has 0 aliphatic carbocycles. The van der Waals surface area contributed by atoms with Gasteiger partial charge in [0.1, 0.15) is 31.5 Å². The molecule has 0 spiro atoms. The molecule has 10 nitrogen and oxygen atoms in total. The third-order valence-electron chi connectivity index (χ3n) is 8.18. The second-order valence-electron chi connectivity index (χ2n) is 11.5. The Kier molecular flexibility index (Phi) is 11.2. The maximum absolute atomic E-state index is 14.7. The number of nitrogens with zero attached hydrogens (tertiary/aromatic N) is 2. The number of hydrogen-bond acceptors (Lipinski definition) is 7. The zero-order valence-corrected chi connectivity index (χ0v) is 28.2. The van der Waals surface area contributed by atoms with Gasteiger partial charge in [0.25, 0.3) is 10.0 Å². The van der Waals surface area contributed by atoms with E-state index in [0.717, 1.165) is 9.87 Å². The highest BCUT2D eigenvalue weighted by molar-refractivity contribution is 7.92. The first kappa shape index (κ1) is 34.3. The summed E-state index contributed by atoms with van der Waals surface area (Å²) in [6, 6.07) is 28.3. The fourth-order valence-corrected chi connectivity index (χ4v) is 6.83. The van der Waals surface area contributed by atoms with Gasteiger partial charge in [-0.1, -0.05) is 67.6 Å². The minimum absolute atomic E-state index is 0.0161. The SMILES string of the molecule is CC[C@H](C)NC(=O)[C@H](Cc1ccccc1)N(Cc1cccc(OC)c1)C(=O)CN(c1ccc2c(c1)OCCO2)S(=O)(=O)c1ccccc1. The Morgan fingerprint density at radius 2 is 1.52 bits per heavy atom. The van der Waals surface area contributed by atoms with Crippen molar-refractivity contribution in [2.75, 3.05) is 31.2 Å². The zero-order chi connectivity index (χ0) is 34.1. The van der Waals surface area contributed by atoms with Crippen LogP contribution in [-0.2, 0) is 32.6 Å². The highest BCUT2D eigenvalue weighted by Gasteiger charge is 2.35. The summed E-state index contributed by atoms with van der Waals surface area (Å²) in [6.07, 6.45) is 0.912. The molecule has 0 bridgehead atoms. The summed E-state index contributed by atoms with van der Waals surface area (Å²) in [7, 11) is -2.70. The van der Waals surface area contributed by atoms with Crippen molar-refractivity contribution in [2.45, 2.75) is 50.2 Å². The molecule has 0 radical (unpaired) electrons. The number of anilines is 1. The average Bonchev–Trinajstić information content (AvgIpc) is 3.12. The predicted octanol–water partition coefficient (Wildman–Crippen LogP) is 5.22. The van der Waals surface area contributed by atoms with Crippen LogP contribution in [0.1, 0.15) is 31.4 Å². The Bertz CT molecular complexity index is 1800. The maximum atomic E-state index is 14.7. The molecule has 1 aliphatic heterocycles. The maximum Gasteiger partial charge on any atom is 0.264 e. The van der Waals surface area contributed by atoms with Crippen molar-refractivity contribution < 1.29 is 32.2 Å². The quantitative estimate of drug-likeness (QED) is 0.196. The Morgan fingerprint density at radius 3 is 2.21 bits per heavy atom. The summed E-state index contributed by atoms with van der Waals surface area (Å²) < 4.78 is 46.5. The van der Waals surface area contributed by atoms with Crippen LogP contribution in [0.3, 0.4) is 0 Å². The van der Waals surface area contributed by atoms with E-state index in [1.54, 1.807) is 55.6 Å². The van der Waals surface area contributed by atoms with Crippen LogP contribution in [0.2, 0.25) is 0 Å². The number of hydrogen-bond donors (Lipinski definition) is 1. The van der Waals surface area contributed by atoms with Crippen LogP contribution >= 0.6 is 0 Å². The summed E-state index contributed by atoms with van der Waals surface area (Å²) >= 11 is 0. The predicted molar refractivity (Wildman–Crippen MR) is 184 cm³/mol. The highest BCUT2D eigenvalue weighted by atomic mass is 32.2. The van der Waals surface area contributed by atoms with Crippen molar-refractivity contribution in [3.05, 3.63) is 114 Å². The minimum atomic E-state index is -4.25. The van der Waals surface area contributed by atoms with Crippen LogP contribution in [0.15, 0.2) is 108 Å². The summed E-state index contributed by atoms with van der Waals surface area (Å²) in [4.78, 5) is 30.2. The van der Waals surface area contributed by atoms with Gasteiger partial charge in [0, 0.05) is 25.1 Å². The Balaban J connectivity index is 1.59. The summed E-state index contributed by atoms with van der Waals surface area (Å²) in [6.45, 7) is 4.00. The molecule has 0 aromatic heterocycles. The standard InChI is InChI=1S/C37H41N3O7S/c1-4-27(2)38-37(42)33(23-28-12-7-5-8-13-28)39(25-29-14-11-15-31(22-29)45-3)36(41)26-40(48(43,44)32-16-9-6-10-17-32)30-18-19-34-35(24-30)47-21-20-46-34/h5-19,22,24,27,33H,4,20-21,23,25-26H2,1-3H3,(H,38,42)/t27-,33-/m0/s1. The average molecular weight is 672 g/mol. The van der Waals surface area contributed by atoms with E-state index in [1.807, 2.05) is 56.3 Å². The molecular weight excluding hydrogens is 630 g/mol. The summed E-state index contributed by atoms with van der Waals surface area (Å²) in [5.74, 6) is 0.557. The zero-order valence-electron chi connectivity index (χ0n) is 27.4. The second-order valence-corrected chi connectivity index (χ2v) is 13.4. The van der Waals surface area contributed by atoms with Crippen LogP contribution in [0, 0.1) is 0 Å². The number of nitrogens with one attached hydrogen (secondary N) is 1. The molecule has 2 atom stereocenters. The van der Waals surface area contributed by atoms with E-state index >= 15 is 0 Å². The van der Waals surface area contributed by atoms with Gasteiger partial charge in [-0.25, -0.2) is 8.42 Å². The number of amides is 2. The number of carbonyl (C=O) groups is 2. The first-order valence-electron chi connectivity index (χ1n) is 15.9. The molecule has 252 valence electrons. The molecule has 2 amide bonds. The van der Waals surface area contributed by atoms with Gasteiger partial charge in [-0.2, -0.15) is 0 Å². The van der Waals surface area contributed by atoms with Gasteiger partial charge in [0.15, 0.2) is 11.5 Å². The third-order valence-corrected chi connectivity index (χ3v) is 9.97. The van der Waals surface area contributed by atoms with Crippen LogP contribution in [0.4, 0.5) is 5.69 Å². The molecule has 1 N–H and O–H groups in total. The van der Waals surface area contributed by atoms with Gasteiger partial charge in [-0.3, -0.25) is 13.9 Å². The first-order chi connectivity index (χ1) is 23.2. The molecule has 4 aromatic carbocycles. The number of rotatable bonds is 14. The molecule has 0 unspecified atom stereocenters. The van der Waals surface area contributed by atoms with E-state index in [0.29, 0.717) is 42.4 Å². The number of methoxy groups -OCH3 is 1. The minimum Gasteiger partial charge on any atom is -0.497 e. The van der Waals surface area contributed by atoms with Gasteiger partial charge in [-0.15, -0.1) is 0 Å². The molecule has 0 saturated carbocycles. The normalized spacial score (nSPS) is 13.6. The van der Waals surface area contributed by atoms with E-state index < -0.39 is 28.5 Å². The first-order valence-corrected chi connectivity index (χ1v) is 17.4. The fraction of sp³-hybridized carbons (Fsp3) is 0.297. The van der Waals surface area contributed by atoms with E-state index in [9.17, 15) is 18.0 Å². The molecule has 1 heterocycles. The number of carbonyl (C=O) groups excluding carboxylic acids is 2. The van der Waals surface area contributed by atoms with E-state index in [-0.39, 0.29) is 35.5 Å². The molecule has 5 rings (SSSR count). The van der Waals surface area contributed by atoms with Crippen molar-refractivity contribution in [1.82, 2.24) is 10.2 Å². The number of sulfonamides is 1. The Morgan fingerprint density at radius 1 is 0.854 bits per heavy atom. The largest absolute Gasteiger partial charge is 0.497 e. The number of fused-ring (bicyclic) bond motifs is 1. The Labute approximate surface area is 282 Å². The van der Waals surface area contributed by atoms with Crippen LogP contribution < -0.4 is 23.8 Å². The molecule has 11 heteroatoms. The number of benzene rings is 4. The van der Waals surface area contributed by atoms with E-state index in [2.05, 4.69) is 5.32 Å². The van der Waals surface area contributed by atoms with Crippen molar-refractivity contribution in [3.63, 3.8) is 0 Å². The van der Waals surface area contributed by atoms with E-state index in [1.165, 1.54) is 17.0 Å². The van der Waals surface area contributed by atoms with Crippen molar-refractivity contribution >= 4 is 27.5 Å². The van der Waals surface area contributed by atoms with E-state index in [4.69, 9.17) is 14.2 Å². The Hall–Kier alpha value is -5.03. The van der Waals surface area contributed by atoms with Gasteiger partial charge in [0.05, 0.1) is 17.7 Å². The lowest BCUT2D eigenvalue weighted by atomic mass is 10.0. The van der Waals surface area contributed by atoms with Crippen LogP contribution in [-0.4, -0.2) is 64.1 Å². The van der Waals surface area contributed by atoms with Gasteiger partial charge in [0.2, 0.25) is 11.8 Å². The molecular formula is C37H41N3O7S. The topological polar surface area (TPSA) is 114 Å². The van der Waals surface area contributed by atoms with Crippen molar-refractivity contribution in [1.29, 1.82) is 0 Å². The smallest absolute Gasteiger partial charge is 0.264 e. The van der Waals surface area contributed by atoms with Crippen molar-refractivity contribution in [2.24, 2.45) is 0 Å². The summed E-state index contributed by atoms with van der Waals surface area (Å²) in [5, 5.41) is 3.05. The monoisotopic (exact) mass is 671 g/mol. The van der Waals surface area contributed by atoms with Gasteiger partial charge in [-0.05, 0) is 60.9 Å².